The number of aliphatic imine (C=N–C) groups is 1. The number of halogens is 4. The molecule has 0 unspecified atom stereocenters. The average Bonchev–Trinajstić information content (AvgIpc) is 2.31. The Balaban J connectivity index is 0.00000361. The molecule has 0 saturated heterocycles. The lowest BCUT2D eigenvalue weighted by Gasteiger charge is -2.17. The van der Waals surface area contributed by atoms with Gasteiger partial charge in [-0.25, -0.2) is 0 Å². The molecule has 0 fully saturated rings. The van der Waals surface area contributed by atoms with Crippen LogP contribution in [0.4, 0.5) is 0 Å². The topological polar surface area (TPSA) is 36.9 Å². The summed E-state index contributed by atoms with van der Waals surface area (Å²) in [7, 11) is 5.53. The molecule has 0 amide bonds. The van der Waals surface area contributed by atoms with Crippen LogP contribution in [0.25, 0.3) is 0 Å². The predicted octanol–water partition coefficient (Wildman–Crippen LogP) is 3.78. The van der Waals surface area contributed by atoms with Crippen LogP contribution in [0.15, 0.2) is 17.1 Å². The number of hydrogen-bond acceptors (Lipinski definition) is 2. The molecule has 20 heavy (non-hydrogen) atoms. The van der Waals surface area contributed by atoms with Gasteiger partial charge in [0.1, 0.15) is 6.61 Å². The number of nitrogens with one attached hydrogen (secondary N) is 1. The second kappa shape index (κ2) is 9.76. The Morgan fingerprint density at radius 2 is 1.80 bits per heavy atom. The summed E-state index contributed by atoms with van der Waals surface area (Å²) in [6.45, 7) is 0.994. The van der Waals surface area contributed by atoms with Crippen molar-refractivity contribution in [3.05, 3.63) is 27.2 Å². The van der Waals surface area contributed by atoms with E-state index in [1.54, 1.807) is 19.2 Å². The van der Waals surface area contributed by atoms with Gasteiger partial charge >= 0.3 is 0 Å². The molecule has 1 aromatic rings. The van der Waals surface area contributed by atoms with Crippen LogP contribution in [-0.2, 0) is 0 Å². The zero-order valence-corrected chi connectivity index (χ0v) is 16.0. The Morgan fingerprint density at radius 1 is 1.25 bits per heavy atom. The largest absolute Gasteiger partial charge is 0.489 e. The van der Waals surface area contributed by atoms with E-state index in [1.807, 2.05) is 19.0 Å². The minimum Gasteiger partial charge on any atom is -0.489 e. The van der Waals surface area contributed by atoms with Crippen LogP contribution in [0.5, 0.6) is 5.75 Å². The predicted molar refractivity (Wildman–Crippen MR) is 97.4 cm³/mol. The number of hydrogen-bond donors (Lipinski definition) is 1. The Kier molecular flexibility index (Phi) is 9.71. The lowest BCUT2D eigenvalue weighted by molar-refractivity contribution is 0.321. The van der Waals surface area contributed by atoms with Crippen molar-refractivity contribution >= 4 is 64.7 Å². The van der Waals surface area contributed by atoms with Gasteiger partial charge in [0.25, 0.3) is 0 Å². The minimum absolute atomic E-state index is 0. The third kappa shape index (κ3) is 6.11. The molecule has 1 N–H and O–H groups in total. The first-order chi connectivity index (χ1) is 8.95. The molecule has 8 heteroatoms. The standard InChI is InChI=1S/C12H16Cl3N3O.HI/c1-16-12(18(2)3)17-4-5-19-11-9(14)6-8(13)7-10(11)15;/h6-7H,4-5H2,1-3H3,(H,16,17);1H. The van der Waals surface area contributed by atoms with Gasteiger partial charge in [0.15, 0.2) is 11.7 Å². The normalized spacial score (nSPS) is 10.8. The van der Waals surface area contributed by atoms with E-state index in [0.717, 1.165) is 5.96 Å². The van der Waals surface area contributed by atoms with Gasteiger partial charge in [-0.1, -0.05) is 34.8 Å². The van der Waals surface area contributed by atoms with Gasteiger partial charge in [0, 0.05) is 26.2 Å². The number of nitrogens with zero attached hydrogens (tertiary/aromatic N) is 2. The molecule has 1 aromatic carbocycles. The van der Waals surface area contributed by atoms with E-state index >= 15 is 0 Å². The third-order valence-electron chi connectivity index (χ3n) is 2.23. The van der Waals surface area contributed by atoms with Crippen LogP contribution in [0.2, 0.25) is 15.1 Å². The van der Waals surface area contributed by atoms with Gasteiger partial charge in [-0.05, 0) is 12.1 Å². The molecule has 0 spiro atoms. The van der Waals surface area contributed by atoms with Gasteiger partial charge in [-0.2, -0.15) is 0 Å². The molecule has 0 aliphatic carbocycles. The van der Waals surface area contributed by atoms with E-state index in [1.165, 1.54) is 0 Å². The molecule has 0 aliphatic heterocycles. The third-order valence-corrected chi connectivity index (χ3v) is 3.01. The van der Waals surface area contributed by atoms with E-state index in [4.69, 9.17) is 39.5 Å². The maximum Gasteiger partial charge on any atom is 0.193 e. The van der Waals surface area contributed by atoms with Crippen molar-refractivity contribution in [2.24, 2.45) is 4.99 Å². The van der Waals surface area contributed by atoms with E-state index in [-0.39, 0.29) is 24.0 Å². The second-order valence-electron chi connectivity index (χ2n) is 3.92. The van der Waals surface area contributed by atoms with Gasteiger partial charge in [-0.3, -0.25) is 4.99 Å². The molecule has 0 saturated carbocycles. The van der Waals surface area contributed by atoms with Gasteiger partial charge < -0.3 is 15.0 Å². The lowest BCUT2D eigenvalue weighted by Crippen LogP contribution is -2.38. The number of ether oxygens (including phenoxy) is 1. The first kappa shape index (κ1) is 19.9. The summed E-state index contributed by atoms with van der Waals surface area (Å²) in [4.78, 5) is 5.96. The Labute approximate surface area is 151 Å². The lowest BCUT2D eigenvalue weighted by atomic mass is 10.3. The van der Waals surface area contributed by atoms with E-state index in [2.05, 4.69) is 10.3 Å². The zero-order valence-electron chi connectivity index (χ0n) is 11.4. The molecule has 114 valence electrons. The Hall–Kier alpha value is -0.110. The van der Waals surface area contributed by atoms with Crippen LogP contribution in [-0.4, -0.2) is 45.2 Å². The molecular weight excluding hydrogens is 435 g/mol. The van der Waals surface area contributed by atoms with Crippen molar-refractivity contribution in [1.82, 2.24) is 10.2 Å². The smallest absolute Gasteiger partial charge is 0.193 e. The first-order valence-corrected chi connectivity index (χ1v) is 6.74. The minimum atomic E-state index is 0. The van der Waals surface area contributed by atoms with Crippen LogP contribution in [0, 0.1) is 0 Å². The molecule has 0 heterocycles. The average molecular weight is 453 g/mol. The number of guanidine groups is 1. The van der Waals surface area contributed by atoms with Crippen LogP contribution in [0.3, 0.4) is 0 Å². The highest BCUT2D eigenvalue weighted by Crippen LogP contribution is 2.35. The van der Waals surface area contributed by atoms with Crippen molar-refractivity contribution in [2.75, 3.05) is 34.3 Å². The fourth-order valence-corrected chi connectivity index (χ4v) is 2.35. The van der Waals surface area contributed by atoms with E-state index < -0.39 is 0 Å². The van der Waals surface area contributed by atoms with Crippen molar-refractivity contribution < 1.29 is 4.74 Å². The maximum absolute atomic E-state index is 6.01. The van der Waals surface area contributed by atoms with Crippen molar-refractivity contribution in [3.8, 4) is 5.75 Å². The van der Waals surface area contributed by atoms with Gasteiger partial charge in [-0.15, -0.1) is 24.0 Å². The Morgan fingerprint density at radius 3 is 2.25 bits per heavy atom. The van der Waals surface area contributed by atoms with Gasteiger partial charge in [0.05, 0.1) is 16.6 Å². The summed E-state index contributed by atoms with van der Waals surface area (Å²) in [5, 5.41) is 4.40. The van der Waals surface area contributed by atoms with Crippen molar-refractivity contribution in [1.29, 1.82) is 0 Å². The van der Waals surface area contributed by atoms with Crippen molar-refractivity contribution in [2.45, 2.75) is 0 Å². The highest BCUT2D eigenvalue weighted by Gasteiger charge is 2.09. The van der Waals surface area contributed by atoms with Crippen LogP contribution in [0.1, 0.15) is 0 Å². The summed E-state index contributed by atoms with van der Waals surface area (Å²) in [6, 6.07) is 3.19. The van der Waals surface area contributed by atoms with Crippen molar-refractivity contribution in [3.63, 3.8) is 0 Å². The molecular formula is C12H17Cl3IN3O. The molecule has 0 atom stereocenters. The quantitative estimate of drug-likeness (QED) is 0.327. The van der Waals surface area contributed by atoms with Crippen LogP contribution < -0.4 is 10.1 Å². The molecule has 0 aliphatic rings. The monoisotopic (exact) mass is 451 g/mol. The molecule has 0 bridgehead atoms. The highest BCUT2D eigenvalue weighted by molar-refractivity contribution is 14.0. The SMILES string of the molecule is CN=C(NCCOc1c(Cl)cc(Cl)cc1Cl)N(C)C.I. The fraction of sp³-hybridized carbons (Fsp3) is 0.417. The summed E-state index contributed by atoms with van der Waals surface area (Å²) in [5.41, 5.74) is 0. The molecule has 4 nitrogen and oxygen atoms in total. The summed E-state index contributed by atoms with van der Waals surface area (Å²) < 4.78 is 5.54. The fourth-order valence-electron chi connectivity index (χ4n) is 1.42. The Bertz CT molecular complexity index is 446. The maximum atomic E-state index is 6.01. The molecule has 0 radical (unpaired) electrons. The zero-order chi connectivity index (χ0) is 14.4. The number of rotatable bonds is 4. The number of benzene rings is 1. The highest BCUT2D eigenvalue weighted by atomic mass is 127. The molecule has 0 aromatic heterocycles. The van der Waals surface area contributed by atoms with E-state index in [9.17, 15) is 0 Å². The van der Waals surface area contributed by atoms with Crippen LogP contribution >= 0.6 is 58.8 Å². The van der Waals surface area contributed by atoms with Gasteiger partial charge in [0.2, 0.25) is 0 Å². The molecule has 1 rings (SSSR count). The summed E-state index contributed by atoms with van der Waals surface area (Å²) in [6.07, 6.45) is 0. The van der Waals surface area contributed by atoms with E-state index in [0.29, 0.717) is 34.0 Å². The summed E-state index contributed by atoms with van der Waals surface area (Å²) in [5.74, 6) is 1.21. The summed E-state index contributed by atoms with van der Waals surface area (Å²) >= 11 is 17.8. The second-order valence-corrected chi connectivity index (χ2v) is 5.17. The first-order valence-electron chi connectivity index (χ1n) is 5.61.